The van der Waals surface area contributed by atoms with E-state index in [4.69, 9.17) is 16.7 Å². The van der Waals surface area contributed by atoms with Crippen LogP contribution < -0.4 is 5.32 Å². The predicted octanol–water partition coefficient (Wildman–Crippen LogP) is 3.03. The van der Waals surface area contributed by atoms with E-state index >= 15 is 0 Å². The minimum atomic E-state index is -0.958. The Kier molecular flexibility index (Phi) is 4.19. The highest BCUT2D eigenvalue weighted by Crippen LogP contribution is 2.16. The van der Waals surface area contributed by atoms with Gasteiger partial charge < -0.3 is 10.4 Å². The van der Waals surface area contributed by atoms with Gasteiger partial charge in [-0.15, -0.1) is 11.3 Å². The molecule has 0 aliphatic carbocycles. The van der Waals surface area contributed by atoms with Crippen molar-refractivity contribution in [3.05, 3.63) is 56.7 Å². The normalized spacial score (nSPS) is 10.2. The molecule has 98 valence electrons. The minimum absolute atomic E-state index is 0.220. The number of carboxylic acid groups (broad SMARTS) is 1. The van der Waals surface area contributed by atoms with Crippen molar-refractivity contribution >= 4 is 34.8 Å². The lowest BCUT2D eigenvalue weighted by Crippen LogP contribution is -2.22. The summed E-state index contributed by atoms with van der Waals surface area (Å²) in [6.45, 7) is 0.305. The van der Waals surface area contributed by atoms with Crippen molar-refractivity contribution in [3.8, 4) is 0 Å². The fraction of sp³-hybridized carbons (Fsp3) is 0.0769. The van der Waals surface area contributed by atoms with Crippen molar-refractivity contribution < 1.29 is 14.7 Å². The van der Waals surface area contributed by atoms with Gasteiger partial charge in [-0.1, -0.05) is 11.6 Å². The Hall–Kier alpha value is -1.85. The van der Waals surface area contributed by atoms with Gasteiger partial charge in [0.15, 0.2) is 0 Å². The average molecular weight is 296 g/mol. The van der Waals surface area contributed by atoms with Crippen LogP contribution in [-0.4, -0.2) is 17.0 Å². The second kappa shape index (κ2) is 5.86. The third-order valence-corrected chi connectivity index (χ3v) is 3.73. The minimum Gasteiger partial charge on any atom is -0.477 e. The summed E-state index contributed by atoms with van der Waals surface area (Å²) in [6.07, 6.45) is 0. The summed E-state index contributed by atoms with van der Waals surface area (Å²) in [5.41, 5.74) is 0.513. The number of aromatic carboxylic acids is 1. The Balaban J connectivity index is 1.96. The smallest absolute Gasteiger partial charge is 0.345 e. The van der Waals surface area contributed by atoms with Crippen LogP contribution in [0.3, 0.4) is 0 Å². The zero-order chi connectivity index (χ0) is 13.8. The van der Waals surface area contributed by atoms with E-state index in [0.717, 1.165) is 16.2 Å². The molecule has 1 heterocycles. The van der Waals surface area contributed by atoms with E-state index < -0.39 is 5.97 Å². The van der Waals surface area contributed by atoms with E-state index in [2.05, 4.69) is 5.32 Å². The molecule has 1 aromatic heterocycles. The highest BCUT2D eigenvalue weighted by Gasteiger charge is 2.09. The quantitative estimate of drug-likeness (QED) is 0.911. The molecule has 0 saturated heterocycles. The van der Waals surface area contributed by atoms with Crippen LogP contribution in [0.2, 0.25) is 5.02 Å². The van der Waals surface area contributed by atoms with Gasteiger partial charge in [0.05, 0.1) is 6.54 Å². The number of carbonyl (C=O) groups is 2. The molecule has 19 heavy (non-hydrogen) atoms. The number of benzene rings is 1. The summed E-state index contributed by atoms with van der Waals surface area (Å²) in [5, 5.41) is 12.1. The maximum absolute atomic E-state index is 11.8. The van der Waals surface area contributed by atoms with Crippen molar-refractivity contribution in [2.24, 2.45) is 0 Å². The van der Waals surface area contributed by atoms with Crippen LogP contribution in [0.1, 0.15) is 24.9 Å². The first-order valence-corrected chi connectivity index (χ1v) is 6.61. The van der Waals surface area contributed by atoms with E-state index in [1.165, 1.54) is 6.07 Å². The van der Waals surface area contributed by atoms with E-state index in [-0.39, 0.29) is 10.8 Å². The molecule has 1 amide bonds. The fourth-order valence-electron chi connectivity index (χ4n) is 1.46. The van der Waals surface area contributed by atoms with Crippen LogP contribution in [-0.2, 0) is 6.54 Å². The van der Waals surface area contributed by atoms with Crippen molar-refractivity contribution in [2.75, 3.05) is 0 Å². The van der Waals surface area contributed by atoms with E-state index in [1.54, 1.807) is 30.3 Å². The van der Waals surface area contributed by atoms with Crippen LogP contribution in [0, 0.1) is 0 Å². The number of nitrogens with one attached hydrogen (secondary N) is 1. The number of thiophene rings is 1. The van der Waals surface area contributed by atoms with Gasteiger partial charge in [-0.05, 0) is 36.4 Å². The largest absolute Gasteiger partial charge is 0.477 e. The van der Waals surface area contributed by atoms with Crippen molar-refractivity contribution in [2.45, 2.75) is 6.54 Å². The monoisotopic (exact) mass is 295 g/mol. The van der Waals surface area contributed by atoms with Gasteiger partial charge in [0, 0.05) is 15.5 Å². The maximum atomic E-state index is 11.8. The van der Waals surface area contributed by atoms with E-state index in [1.807, 2.05) is 0 Å². The second-order valence-electron chi connectivity index (χ2n) is 3.76. The lowest BCUT2D eigenvalue weighted by atomic mass is 10.2. The van der Waals surface area contributed by atoms with Crippen LogP contribution >= 0.6 is 22.9 Å². The molecular formula is C13H10ClNO3S. The number of hydrogen-bond acceptors (Lipinski definition) is 3. The molecule has 2 N–H and O–H groups in total. The SMILES string of the molecule is O=C(NCc1ccc(C(=O)O)s1)c1ccc(Cl)cc1. The zero-order valence-electron chi connectivity index (χ0n) is 9.72. The second-order valence-corrected chi connectivity index (χ2v) is 5.37. The molecule has 0 radical (unpaired) electrons. The van der Waals surface area contributed by atoms with Gasteiger partial charge in [0.25, 0.3) is 5.91 Å². The molecule has 0 fully saturated rings. The topological polar surface area (TPSA) is 66.4 Å². The lowest BCUT2D eigenvalue weighted by Gasteiger charge is -2.03. The Labute approximate surface area is 118 Å². The highest BCUT2D eigenvalue weighted by atomic mass is 35.5. The third-order valence-electron chi connectivity index (χ3n) is 2.40. The van der Waals surface area contributed by atoms with Crippen molar-refractivity contribution in [1.29, 1.82) is 0 Å². The fourth-order valence-corrected chi connectivity index (χ4v) is 2.37. The number of amides is 1. The first-order chi connectivity index (χ1) is 9.06. The van der Waals surface area contributed by atoms with Crippen LogP contribution in [0.4, 0.5) is 0 Å². The summed E-state index contributed by atoms with van der Waals surface area (Å²) in [4.78, 5) is 23.6. The molecule has 0 aliphatic rings. The molecule has 0 unspecified atom stereocenters. The standard InChI is InChI=1S/C13H10ClNO3S/c14-9-3-1-8(2-4-9)12(16)15-7-10-5-6-11(19-10)13(17)18/h1-6H,7H2,(H,15,16)(H,17,18). The first kappa shape index (κ1) is 13.6. The summed E-state index contributed by atoms with van der Waals surface area (Å²) >= 11 is 6.88. The number of carboxylic acids is 1. The number of hydrogen-bond donors (Lipinski definition) is 2. The molecule has 0 spiro atoms. The van der Waals surface area contributed by atoms with Gasteiger partial charge >= 0.3 is 5.97 Å². The van der Waals surface area contributed by atoms with Crippen molar-refractivity contribution in [3.63, 3.8) is 0 Å². The Bertz CT molecular complexity index is 607. The summed E-state index contributed by atoms with van der Waals surface area (Å²) in [7, 11) is 0. The highest BCUT2D eigenvalue weighted by molar-refractivity contribution is 7.13. The summed E-state index contributed by atoms with van der Waals surface area (Å²) in [6, 6.07) is 9.77. The summed E-state index contributed by atoms with van der Waals surface area (Å²) in [5.74, 6) is -1.18. The molecule has 0 aliphatic heterocycles. The molecule has 0 bridgehead atoms. The van der Waals surface area contributed by atoms with Crippen LogP contribution in [0.15, 0.2) is 36.4 Å². The molecule has 4 nitrogen and oxygen atoms in total. The van der Waals surface area contributed by atoms with Gasteiger partial charge in [-0.3, -0.25) is 4.79 Å². The number of rotatable bonds is 4. The van der Waals surface area contributed by atoms with E-state index in [9.17, 15) is 9.59 Å². The Morgan fingerprint density at radius 1 is 1.16 bits per heavy atom. The number of halogens is 1. The first-order valence-electron chi connectivity index (χ1n) is 5.42. The molecule has 6 heteroatoms. The molecule has 1 aromatic carbocycles. The molecule has 0 atom stereocenters. The molecule has 2 rings (SSSR count). The predicted molar refractivity (Wildman–Crippen MR) is 73.9 cm³/mol. The third kappa shape index (κ3) is 3.56. The molecule has 0 saturated carbocycles. The van der Waals surface area contributed by atoms with Gasteiger partial charge in [0.1, 0.15) is 4.88 Å². The summed E-state index contributed by atoms with van der Waals surface area (Å²) < 4.78 is 0. The van der Waals surface area contributed by atoms with E-state index in [0.29, 0.717) is 17.1 Å². The van der Waals surface area contributed by atoms with Gasteiger partial charge in [-0.25, -0.2) is 4.79 Å². The zero-order valence-corrected chi connectivity index (χ0v) is 11.3. The lowest BCUT2D eigenvalue weighted by molar-refractivity contribution is 0.0702. The molecular weight excluding hydrogens is 286 g/mol. The number of carbonyl (C=O) groups excluding carboxylic acids is 1. The van der Waals surface area contributed by atoms with Crippen LogP contribution in [0.5, 0.6) is 0 Å². The van der Waals surface area contributed by atoms with Crippen molar-refractivity contribution in [1.82, 2.24) is 5.32 Å². The van der Waals surface area contributed by atoms with Gasteiger partial charge in [0.2, 0.25) is 0 Å². The Morgan fingerprint density at radius 2 is 1.84 bits per heavy atom. The maximum Gasteiger partial charge on any atom is 0.345 e. The molecule has 2 aromatic rings. The average Bonchev–Trinajstić information content (AvgIpc) is 2.86. The van der Waals surface area contributed by atoms with Gasteiger partial charge in [-0.2, -0.15) is 0 Å². The Morgan fingerprint density at radius 3 is 2.42 bits per heavy atom. The van der Waals surface area contributed by atoms with Crippen LogP contribution in [0.25, 0.3) is 0 Å².